The second-order valence-electron chi connectivity index (χ2n) is 6.81. The Morgan fingerprint density at radius 1 is 1.55 bits per heavy atom. The molecule has 1 aromatic rings. The van der Waals surface area contributed by atoms with Crippen LogP contribution in [0.15, 0.2) is 18.3 Å². The van der Waals surface area contributed by atoms with E-state index in [2.05, 4.69) is 4.98 Å². The van der Waals surface area contributed by atoms with Crippen LogP contribution in [0.25, 0.3) is 0 Å². The maximum atomic E-state index is 12.1. The molecule has 22 heavy (non-hydrogen) atoms. The Labute approximate surface area is 131 Å². The quantitative estimate of drug-likeness (QED) is 0.929. The van der Waals surface area contributed by atoms with Crippen molar-refractivity contribution >= 4 is 11.9 Å². The molecule has 2 rings (SSSR count). The minimum atomic E-state index is -0.467. The maximum Gasteiger partial charge on any atom is 0.410 e. The van der Waals surface area contributed by atoms with E-state index < -0.39 is 5.60 Å². The van der Waals surface area contributed by atoms with Gasteiger partial charge in [-0.15, -0.1) is 0 Å². The van der Waals surface area contributed by atoms with Gasteiger partial charge in [-0.05, 0) is 45.2 Å². The molecule has 122 valence electrons. The summed E-state index contributed by atoms with van der Waals surface area (Å²) >= 11 is 0. The van der Waals surface area contributed by atoms with Crippen molar-refractivity contribution in [3.63, 3.8) is 0 Å². The second kappa shape index (κ2) is 6.42. The number of amides is 1. The number of aromatic hydroxyl groups is 1. The standard InChI is InChI=1S/C16H25N3O3/c1-16(2,3)22-15(21)19-9-7-12(11-19)10-18(4)14-13(20)6-5-8-17-14/h5-6,8,12,20H,7,9-11H2,1-4H3/t12-/m1/s1. The van der Waals surface area contributed by atoms with Crippen LogP contribution in [0.1, 0.15) is 27.2 Å². The lowest BCUT2D eigenvalue weighted by atomic mass is 10.1. The number of likely N-dealkylation sites (tertiary alicyclic amines) is 1. The summed E-state index contributed by atoms with van der Waals surface area (Å²) in [5.41, 5.74) is -0.467. The van der Waals surface area contributed by atoms with Crippen LogP contribution in [0.4, 0.5) is 10.6 Å². The number of aromatic nitrogens is 1. The molecule has 6 heteroatoms. The van der Waals surface area contributed by atoms with Crippen molar-refractivity contribution in [2.24, 2.45) is 5.92 Å². The number of nitrogens with zero attached hydrogens (tertiary/aromatic N) is 3. The van der Waals surface area contributed by atoms with Crippen LogP contribution >= 0.6 is 0 Å². The first kappa shape index (κ1) is 16.4. The summed E-state index contributed by atoms with van der Waals surface area (Å²) in [6.07, 6.45) is 2.34. The highest BCUT2D eigenvalue weighted by Crippen LogP contribution is 2.26. The molecule has 0 aliphatic carbocycles. The molecule has 0 spiro atoms. The van der Waals surface area contributed by atoms with E-state index in [1.165, 1.54) is 0 Å². The smallest absolute Gasteiger partial charge is 0.410 e. The molecule has 0 saturated carbocycles. The molecule has 1 saturated heterocycles. The highest BCUT2D eigenvalue weighted by Gasteiger charge is 2.30. The predicted molar refractivity (Wildman–Crippen MR) is 85.1 cm³/mol. The van der Waals surface area contributed by atoms with Gasteiger partial charge >= 0.3 is 6.09 Å². The van der Waals surface area contributed by atoms with Crippen LogP contribution < -0.4 is 4.90 Å². The molecule has 1 aliphatic rings. The zero-order chi connectivity index (χ0) is 16.3. The monoisotopic (exact) mass is 307 g/mol. The fourth-order valence-electron chi connectivity index (χ4n) is 2.63. The summed E-state index contributed by atoms with van der Waals surface area (Å²) in [7, 11) is 1.90. The predicted octanol–water partition coefficient (Wildman–Crippen LogP) is 2.48. The van der Waals surface area contributed by atoms with E-state index >= 15 is 0 Å². The lowest BCUT2D eigenvalue weighted by molar-refractivity contribution is 0.0288. The number of anilines is 1. The molecular weight excluding hydrogens is 282 g/mol. The van der Waals surface area contributed by atoms with Crippen LogP contribution in [-0.4, -0.2) is 53.4 Å². The molecule has 0 aromatic carbocycles. The highest BCUT2D eigenvalue weighted by atomic mass is 16.6. The van der Waals surface area contributed by atoms with Gasteiger partial charge < -0.3 is 19.6 Å². The first-order chi connectivity index (χ1) is 10.3. The molecule has 1 amide bonds. The minimum Gasteiger partial charge on any atom is -0.504 e. The van der Waals surface area contributed by atoms with Gasteiger partial charge in [0.25, 0.3) is 0 Å². The van der Waals surface area contributed by atoms with Crippen molar-refractivity contribution < 1.29 is 14.6 Å². The van der Waals surface area contributed by atoms with Gasteiger partial charge in [0.1, 0.15) is 5.60 Å². The first-order valence-corrected chi connectivity index (χ1v) is 7.59. The third-order valence-electron chi connectivity index (χ3n) is 3.60. The van der Waals surface area contributed by atoms with Crippen molar-refractivity contribution in [3.8, 4) is 5.75 Å². The van der Waals surface area contributed by atoms with E-state index in [4.69, 9.17) is 4.74 Å². The second-order valence-corrected chi connectivity index (χ2v) is 6.81. The third-order valence-corrected chi connectivity index (χ3v) is 3.60. The van der Waals surface area contributed by atoms with Crippen LogP contribution in [0.2, 0.25) is 0 Å². The van der Waals surface area contributed by atoms with Gasteiger partial charge in [-0.3, -0.25) is 0 Å². The fraction of sp³-hybridized carbons (Fsp3) is 0.625. The van der Waals surface area contributed by atoms with Crippen LogP contribution in [0.5, 0.6) is 5.75 Å². The largest absolute Gasteiger partial charge is 0.504 e. The lowest BCUT2D eigenvalue weighted by Crippen LogP contribution is -2.36. The number of rotatable bonds is 3. The van der Waals surface area contributed by atoms with E-state index in [-0.39, 0.29) is 11.8 Å². The summed E-state index contributed by atoms with van der Waals surface area (Å²) in [5.74, 6) is 1.09. The van der Waals surface area contributed by atoms with Gasteiger partial charge in [0.2, 0.25) is 0 Å². The van der Waals surface area contributed by atoms with E-state index in [1.54, 1.807) is 23.2 Å². The summed E-state index contributed by atoms with van der Waals surface area (Å²) in [6, 6.07) is 3.33. The number of ether oxygens (including phenoxy) is 1. The van der Waals surface area contributed by atoms with Gasteiger partial charge in [0.15, 0.2) is 11.6 Å². The number of carbonyl (C=O) groups is 1. The summed E-state index contributed by atoms with van der Waals surface area (Å²) in [5, 5.41) is 9.83. The maximum absolute atomic E-state index is 12.1. The Kier molecular flexibility index (Phi) is 4.78. The zero-order valence-electron chi connectivity index (χ0n) is 13.7. The molecule has 2 heterocycles. The van der Waals surface area contributed by atoms with E-state index in [0.29, 0.717) is 24.8 Å². The molecule has 0 unspecified atom stereocenters. The van der Waals surface area contributed by atoms with E-state index in [1.807, 2.05) is 32.7 Å². The van der Waals surface area contributed by atoms with Crippen LogP contribution in [0.3, 0.4) is 0 Å². The molecule has 1 fully saturated rings. The van der Waals surface area contributed by atoms with Gasteiger partial charge in [0.05, 0.1) is 0 Å². The van der Waals surface area contributed by atoms with Gasteiger partial charge in [-0.2, -0.15) is 0 Å². The molecule has 1 aromatic heterocycles. The Hall–Kier alpha value is -1.98. The topological polar surface area (TPSA) is 65.9 Å². The Balaban J connectivity index is 1.89. The zero-order valence-corrected chi connectivity index (χ0v) is 13.7. The van der Waals surface area contributed by atoms with Crippen LogP contribution in [-0.2, 0) is 4.74 Å². The first-order valence-electron chi connectivity index (χ1n) is 7.59. The average Bonchev–Trinajstić information content (AvgIpc) is 2.85. The summed E-state index contributed by atoms with van der Waals surface area (Å²) in [6.45, 7) is 7.74. The summed E-state index contributed by atoms with van der Waals surface area (Å²) in [4.78, 5) is 19.9. The van der Waals surface area contributed by atoms with Crippen molar-refractivity contribution in [1.29, 1.82) is 0 Å². The SMILES string of the molecule is CN(C[C@H]1CCN(C(=O)OC(C)(C)C)C1)c1ncccc1O. The normalized spacial score (nSPS) is 18.4. The van der Waals surface area contributed by atoms with Crippen molar-refractivity contribution in [2.45, 2.75) is 32.8 Å². The van der Waals surface area contributed by atoms with Gasteiger partial charge in [0, 0.05) is 32.9 Å². The Morgan fingerprint density at radius 3 is 2.91 bits per heavy atom. The number of carbonyl (C=O) groups excluding carboxylic acids is 1. The lowest BCUT2D eigenvalue weighted by Gasteiger charge is -2.25. The van der Waals surface area contributed by atoms with Crippen molar-refractivity contribution in [2.75, 3.05) is 31.6 Å². The third kappa shape index (κ3) is 4.26. The fourth-order valence-corrected chi connectivity index (χ4v) is 2.63. The van der Waals surface area contributed by atoms with Crippen LogP contribution in [0, 0.1) is 5.92 Å². The number of hydrogen-bond donors (Lipinski definition) is 1. The van der Waals surface area contributed by atoms with E-state index in [0.717, 1.165) is 13.0 Å². The molecule has 6 nitrogen and oxygen atoms in total. The van der Waals surface area contributed by atoms with Crippen molar-refractivity contribution in [3.05, 3.63) is 18.3 Å². The highest BCUT2D eigenvalue weighted by molar-refractivity contribution is 5.68. The Morgan fingerprint density at radius 2 is 2.27 bits per heavy atom. The Bertz CT molecular complexity index is 528. The molecule has 1 aliphatic heterocycles. The molecule has 1 atom stereocenters. The number of hydrogen-bond acceptors (Lipinski definition) is 5. The minimum absolute atomic E-state index is 0.173. The van der Waals surface area contributed by atoms with Gasteiger partial charge in [-0.1, -0.05) is 0 Å². The molecular formula is C16H25N3O3. The van der Waals surface area contributed by atoms with E-state index in [9.17, 15) is 9.90 Å². The molecule has 0 bridgehead atoms. The molecule has 0 radical (unpaired) electrons. The molecule has 1 N–H and O–H groups in total. The average molecular weight is 307 g/mol. The number of pyridine rings is 1. The summed E-state index contributed by atoms with van der Waals surface area (Å²) < 4.78 is 5.40. The van der Waals surface area contributed by atoms with Crippen molar-refractivity contribution in [1.82, 2.24) is 9.88 Å². The van der Waals surface area contributed by atoms with Gasteiger partial charge in [-0.25, -0.2) is 9.78 Å².